The van der Waals surface area contributed by atoms with E-state index >= 15 is 0 Å². The van der Waals surface area contributed by atoms with E-state index in [1.807, 2.05) is 0 Å². The Bertz CT molecular complexity index is 256. The van der Waals surface area contributed by atoms with Gasteiger partial charge in [0.2, 0.25) is 0 Å². The number of hydrogen-bond acceptors (Lipinski definition) is 2. The van der Waals surface area contributed by atoms with Gasteiger partial charge in [-0.15, -0.1) is 0 Å². The van der Waals surface area contributed by atoms with Gasteiger partial charge in [0.25, 0.3) is 0 Å². The van der Waals surface area contributed by atoms with E-state index in [-0.39, 0.29) is 0 Å². The van der Waals surface area contributed by atoms with Crippen LogP contribution in [0.1, 0.15) is 57.8 Å². The van der Waals surface area contributed by atoms with Gasteiger partial charge in [-0.3, -0.25) is 0 Å². The number of rotatable bonds is 3. The monoisotopic (exact) mass is 253 g/mol. The Balaban J connectivity index is 1.50. The van der Waals surface area contributed by atoms with E-state index < -0.39 is 0 Å². The predicted octanol–water partition coefficient (Wildman–Crippen LogP) is 3.74. The molecular weight excluding hydrogens is 226 g/mol. The van der Waals surface area contributed by atoms with Gasteiger partial charge in [-0.2, -0.15) is 12.6 Å². The minimum atomic E-state index is 0.625. The highest BCUT2D eigenvalue weighted by Crippen LogP contribution is 2.49. The quantitative estimate of drug-likeness (QED) is 0.750. The van der Waals surface area contributed by atoms with E-state index in [0.29, 0.717) is 5.41 Å². The molecule has 1 saturated heterocycles. The lowest BCUT2D eigenvalue weighted by atomic mass is 9.68. The van der Waals surface area contributed by atoms with E-state index in [1.165, 1.54) is 77.4 Å². The van der Waals surface area contributed by atoms with Crippen LogP contribution in [0.5, 0.6) is 0 Å². The highest BCUT2D eigenvalue weighted by atomic mass is 32.1. The Hall–Kier alpha value is 0.310. The second kappa shape index (κ2) is 4.77. The zero-order valence-corrected chi connectivity index (χ0v) is 12.0. The summed E-state index contributed by atoms with van der Waals surface area (Å²) < 4.78 is 0. The van der Waals surface area contributed by atoms with Crippen molar-refractivity contribution in [3.05, 3.63) is 0 Å². The van der Waals surface area contributed by atoms with Crippen LogP contribution in [0.3, 0.4) is 0 Å². The Morgan fingerprint density at radius 1 is 0.824 bits per heavy atom. The molecule has 1 nitrogen and oxygen atoms in total. The smallest absolute Gasteiger partial charge is 0.00458 e. The van der Waals surface area contributed by atoms with Gasteiger partial charge < -0.3 is 4.90 Å². The van der Waals surface area contributed by atoms with Gasteiger partial charge >= 0.3 is 0 Å². The van der Waals surface area contributed by atoms with Crippen molar-refractivity contribution in [2.45, 2.75) is 57.8 Å². The minimum absolute atomic E-state index is 0.625. The lowest BCUT2D eigenvalue weighted by Crippen LogP contribution is -2.43. The number of likely N-dealkylation sites (tertiary alicyclic amines) is 1. The Morgan fingerprint density at radius 2 is 1.47 bits per heavy atom. The molecule has 0 N–H and O–H groups in total. The largest absolute Gasteiger partial charge is 0.303 e. The molecule has 0 atom stereocenters. The summed E-state index contributed by atoms with van der Waals surface area (Å²) in [7, 11) is 0. The molecule has 3 rings (SSSR count). The van der Waals surface area contributed by atoms with Crippen LogP contribution in [-0.4, -0.2) is 30.3 Å². The van der Waals surface area contributed by atoms with Crippen molar-refractivity contribution in [1.29, 1.82) is 0 Å². The first-order valence-electron chi connectivity index (χ1n) is 7.59. The molecule has 0 unspecified atom stereocenters. The summed E-state index contributed by atoms with van der Waals surface area (Å²) in [4.78, 5) is 2.74. The van der Waals surface area contributed by atoms with Gasteiger partial charge in [-0.05, 0) is 68.2 Å². The molecule has 17 heavy (non-hydrogen) atoms. The van der Waals surface area contributed by atoms with Crippen molar-refractivity contribution in [1.82, 2.24) is 4.90 Å². The molecule has 0 aromatic rings. The third-order valence-corrected chi connectivity index (χ3v) is 6.35. The van der Waals surface area contributed by atoms with Crippen molar-refractivity contribution in [2.24, 2.45) is 10.8 Å². The summed E-state index contributed by atoms with van der Waals surface area (Å²) in [6, 6.07) is 0. The van der Waals surface area contributed by atoms with Gasteiger partial charge in [-0.1, -0.05) is 19.3 Å². The van der Waals surface area contributed by atoms with E-state index in [4.69, 9.17) is 0 Å². The number of hydrogen-bond donors (Lipinski definition) is 1. The maximum atomic E-state index is 4.53. The van der Waals surface area contributed by atoms with Crippen LogP contribution >= 0.6 is 12.6 Å². The molecule has 2 aliphatic carbocycles. The van der Waals surface area contributed by atoms with E-state index in [9.17, 15) is 0 Å². The fourth-order valence-corrected chi connectivity index (χ4v) is 4.42. The summed E-state index contributed by atoms with van der Waals surface area (Å²) in [5.74, 6) is 1.11. The van der Waals surface area contributed by atoms with Crippen molar-refractivity contribution >= 4 is 12.6 Å². The highest BCUT2D eigenvalue weighted by molar-refractivity contribution is 7.80. The SMILES string of the molecule is SCC1(CN2CCC3(CCCCC3)CC2)CC1. The number of piperidine rings is 1. The lowest BCUT2D eigenvalue weighted by Gasteiger charge is -2.45. The predicted molar refractivity (Wildman–Crippen MR) is 76.7 cm³/mol. The molecule has 1 spiro atoms. The summed E-state index contributed by atoms with van der Waals surface area (Å²) in [6.45, 7) is 4.08. The minimum Gasteiger partial charge on any atom is -0.303 e. The zero-order chi connectivity index (χ0) is 11.8. The second-order valence-electron chi connectivity index (χ2n) is 6.99. The first-order valence-corrected chi connectivity index (χ1v) is 8.23. The first kappa shape index (κ1) is 12.3. The van der Waals surface area contributed by atoms with Gasteiger partial charge in [0.15, 0.2) is 0 Å². The molecular formula is C15H27NS. The van der Waals surface area contributed by atoms with Crippen LogP contribution in [0.4, 0.5) is 0 Å². The molecule has 1 aliphatic heterocycles. The third kappa shape index (κ3) is 2.68. The molecule has 0 radical (unpaired) electrons. The van der Waals surface area contributed by atoms with E-state index in [1.54, 1.807) is 0 Å². The zero-order valence-electron chi connectivity index (χ0n) is 11.1. The van der Waals surface area contributed by atoms with Crippen LogP contribution in [0.15, 0.2) is 0 Å². The Labute approximate surface area is 112 Å². The fourth-order valence-electron chi connectivity index (χ4n) is 4.00. The molecule has 2 saturated carbocycles. The highest BCUT2D eigenvalue weighted by Gasteiger charge is 2.44. The van der Waals surface area contributed by atoms with Crippen LogP contribution in [0, 0.1) is 10.8 Å². The molecule has 3 aliphatic rings. The van der Waals surface area contributed by atoms with Gasteiger partial charge in [0, 0.05) is 6.54 Å². The van der Waals surface area contributed by atoms with Crippen LogP contribution < -0.4 is 0 Å². The molecule has 2 heteroatoms. The van der Waals surface area contributed by atoms with Crippen LogP contribution in [0.2, 0.25) is 0 Å². The van der Waals surface area contributed by atoms with Crippen molar-refractivity contribution in [2.75, 3.05) is 25.4 Å². The second-order valence-corrected chi connectivity index (χ2v) is 7.31. The van der Waals surface area contributed by atoms with Crippen molar-refractivity contribution in [3.63, 3.8) is 0 Å². The average molecular weight is 253 g/mol. The summed E-state index contributed by atoms with van der Waals surface area (Å²) in [6.07, 6.45) is 13.4. The van der Waals surface area contributed by atoms with Crippen LogP contribution in [0.25, 0.3) is 0 Å². The molecule has 0 aromatic heterocycles. The molecule has 0 bridgehead atoms. The fraction of sp³-hybridized carbons (Fsp3) is 1.00. The van der Waals surface area contributed by atoms with Crippen molar-refractivity contribution in [3.8, 4) is 0 Å². The number of thiol groups is 1. The van der Waals surface area contributed by atoms with E-state index in [2.05, 4.69) is 17.5 Å². The van der Waals surface area contributed by atoms with Gasteiger partial charge in [0.05, 0.1) is 0 Å². The summed E-state index contributed by atoms with van der Waals surface area (Å²) in [5.41, 5.74) is 1.40. The van der Waals surface area contributed by atoms with Gasteiger partial charge in [0.1, 0.15) is 0 Å². The molecule has 0 amide bonds. The molecule has 0 aromatic carbocycles. The average Bonchev–Trinajstić information content (AvgIpc) is 3.14. The van der Waals surface area contributed by atoms with Gasteiger partial charge in [-0.25, -0.2) is 0 Å². The molecule has 1 heterocycles. The van der Waals surface area contributed by atoms with Crippen LogP contribution in [-0.2, 0) is 0 Å². The third-order valence-electron chi connectivity index (χ3n) is 5.68. The maximum Gasteiger partial charge on any atom is 0.00458 e. The molecule has 98 valence electrons. The van der Waals surface area contributed by atoms with E-state index in [0.717, 1.165) is 11.2 Å². The first-order chi connectivity index (χ1) is 8.26. The summed E-state index contributed by atoms with van der Waals surface area (Å²) in [5, 5.41) is 0. The topological polar surface area (TPSA) is 3.24 Å². The molecule has 3 fully saturated rings. The normalized spacial score (nSPS) is 31.6. The number of nitrogens with zero attached hydrogens (tertiary/aromatic N) is 1. The Kier molecular flexibility index (Phi) is 3.47. The maximum absolute atomic E-state index is 4.53. The standard InChI is InChI=1S/C15H27NS/c17-13-15(6-7-15)12-16-10-8-14(9-11-16)4-2-1-3-5-14/h17H,1-13H2. The summed E-state index contributed by atoms with van der Waals surface area (Å²) >= 11 is 4.53. The lowest BCUT2D eigenvalue weighted by molar-refractivity contribution is 0.0592. The Morgan fingerprint density at radius 3 is 2.00 bits per heavy atom. The van der Waals surface area contributed by atoms with Crippen molar-refractivity contribution < 1.29 is 0 Å².